The van der Waals surface area contributed by atoms with E-state index in [1.165, 1.54) is 12.8 Å². The zero-order valence-electron chi connectivity index (χ0n) is 12.2. The van der Waals surface area contributed by atoms with Crippen molar-refractivity contribution in [2.24, 2.45) is 17.0 Å². The first-order valence-corrected chi connectivity index (χ1v) is 7.57. The van der Waals surface area contributed by atoms with E-state index >= 15 is 0 Å². The maximum absolute atomic E-state index is 12.0. The molecule has 1 aliphatic carbocycles. The Bertz CT molecular complexity index is 337. The van der Waals surface area contributed by atoms with Crippen LogP contribution in [0.4, 0.5) is 0 Å². The van der Waals surface area contributed by atoms with Gasteiger partial charge in [0.05, 0.1) is 5.71 Å². The van der Waals surface area contributed by atoms with Gasteiger partial charge in [0.15, 0.2) is 0 Å². The van der Waals surface area contributed by atoms with E-state index < -0.39 is 0 Å². The topological polar surface area (TPSA) is 41.9 Å². The van der Waals surface area contributed by atoms with Gasteiger partial charge in [-0.05, 0) is 57.8 Å². The van der Waals surface area contributed by atoms with Crippen molar-refractivity contribution in [2.75, 3.05) is 19.7 Å². The number of fused-ring (bicyclic) bond motifs is 1. The van der Waals surface area contributed by atoms with E-state index in [1.807, 2.05) is 13.8 Å². The number of carbonyl (C=O) groups is 1. The molecular formula is C15H26N2O2. The third kappa shape index (κ3) is 4.84. The number of piperidine rings is 1. The van der Waals surface area contributed by atoms with Gasteiger partial charge in [-0.15, -0.1) is 0 Å². The molecule has 0 bridgehead atoms. The van der Waals surface area contributed by atoms with Crippen LogP contribution < -0.4 is 0 Å². The van der Waals surface area contributed by atoms with Gasteiger partial charge in [-0.3, -0.25) is 4.79 Å². The first kappa shape index (κ1) is 14.4. The van der Waals surface area contributed by atoms with Crippen LogP contribution in [0.15, 0.2) is 5.16 Å². The minimum atomic E-state index is 0.355. The van der Waals surface area contributed by atoms with Crippen molar-refractivity contribution in [3.63, 3.8) is 0 Å². The van der Waals surface area contributed by atoms with E-state index in [-0.39, 0.29) is 0 Å². The van der Waals surface area contributed by atoms with E-state index in [0.29, 0.717) is 18.9 Å². The number of oxime groups is 1. The monoisotopic (exact) mass is 266 g/mol. The highest BCUT2D eigenvalue weighted by atomic mass is 16.6. The summed E-state index contributed by atoms with van der Waals surface area (Å²) in [4.78, 5) is 19.2. The number of unbranched alkanes of at least 4 members (excludes halogenated alkanes) is 2. The Morgan fingerprint density at radius 2 is 2.11 bits per heavy atom. The largest absolute Gasteiger partial charge is 0.396 e. The predicted octanol–water partition coefficient (Wildman–Crippen LogP) is 2.83. The van der Waals surface area contributed by atoms with Crippen LogP contribution in [0, 0.1) is 11.8 Å². The van der Waals surface area contributed by atoms with Crippen LogP contribution in [0.1, 0.15) is 52.4 Å². The minimum Gasteiger partial charge on any atom is -0.396 e. The first-order valence-electron chi connectivity index (χ1n) is 7.57. The number of hydrogen-bond acceptors (Lipinski definition) is 3. The molecule has 1 saturated heterocycles. The second-order valence-corrected chi connectivity index (χ2v) is 6.07. The zero-order valence-corrected chi connectivity index (χ0v) is 12.2. The molecule has 2 rings (SSSR count). The van der Waals surface area contributed by atoms with Gasteiger partial charge in [-0.1, -0.05) is 5.16 Å². The van der Waals surface area contributed by atoms with Crippen molar-refractivity contribution >= 4 is 11.6 Å². The molecule has 1 amide bonds. The molecule has 0 aromatic rings. The Morgan fingerprint density at radius 3 is 2.84 bits per heavy atom. The first-order chi connectivity index (χ1) is 9.16. The van der Waals surface area contributed by atoms with Crippen LogP contribution in [-0.2, 0) is 9.63 Å². The summed E-state index contributed by atoms with van der Waals surface area (Å²) in [5.41, 5.74) is 0.943. The van der Waals surface area contributed by atoms with Gasteiger partial charge in [0.25, 0.3) is 0 Å². The SMILES string of the molecule is CC(C)=NOCCCCCC(=O)N1CCC2CC2C1. The van der Waals surface area contributed by atoms with Gasteiger partial charge in [-0.25, -0.2) is 0 Å². The summed E-state index contributed by atoms with van der Waals surface area (Å²) in [5.74, 6) is 2.14. The molecule has 1 aliphatic heterocycles. The summed E-state index contributed by atoms with van der Waals surface area (Å²) >= 11 is 0. The summed E-state index contributed by atoms with van der Waals surface area (Å²) < 4.78 is 0. The van der Waals surface area contributed by atoms with Gasteiger partial charge in [0, 0.05) is 19.5 Å². The Kier molecular flexibility index (Phi) is 5.23. The quantitative estimate of drug-likeness (QED) is 0.404. The zero-order chi connectivity index (χ0) is 13.7. The third-order valence-corrected chi connectivity index (χ3v) is 4.02. The molecule has 0 aromatic heterocycles. The second kappa shape index (κ2) is 6.92. The highest BCUT2D eigenvalue weighted by Gasteiger charge is 2.42. The lowest BCUT2D eigenvalue weighted by molar-refractivity contribution is -0.132. The van der Waals surface area contributed by atoms with Gasteiger partial charge in [-0.2, -0.15) is 0 Å². The van der Waals surface area contributed by atoms with E-state index in [0.717, 1.165) is 49.9 Å². The molecule has 0 spiro atoms. The molecule has 2 aliphatic rings. The number of nitrogens with zero attached hydrogens (tertiary/aromatic N) is 2. The van der Waals surface area contributed by atoms with Crippen molar-refractivity contribution in [1.82, 2.24) is 4.90 Å². The molecule has 108 valence electrons. The Hall–Kier alpha value is -1.06. The van der Waals surface area contributed by atoms with Crippen molar-refractivity contribution in [3.8, 4) is 0 Å². The molecule has 0 N–H and O–H groups in total. The fourth-order valence-electron chi connectivity index (χ4n) is 2.76. The molecule has 2 atom stereocenters. The summed E-state index contributed by atoms with van der Waals surface area (Å²) in [6.45, 7) is 6.51. The van der Waals surface area contributed by atoms with Gasteiger partial charge < -0.3 is 9.74 Å². The Labute approximate surface area is 116 Å². The average Bonchev–Trinajstić information content (AvgIpc) is 3.15. The Morgan fingerprint density at radius 1 is 1.26 bits per heavy atom. The predicted molar refractivity (Wildman–Crippen MR) is 76.0 cm³/mol. The van der Waals surface area contributed by atoms with E-state index in [2.05, 4.69) is 10.1 Å². The molecule has 0 aromatic carbocycles. The van der Waals surface area contributed by atoms with Gasteiger partial charge >= 0.3 is 0 Å². The number of rotatable bonds is 7. The van der Waals surface area contributed by atoms with Crippen molar-refractivity contribution in [2.45, 2.75) is 52.4 Å². The molecule has 2 unspecified atom stereocenters. The molecule has 1 saturated carbocycles. The summed E-state index contributed by atoms with van der Waals surface area (Å²) in [6, 6.07) is 0. The molecular weight excluding hydrogens is 240 g/mol. The normalized spacial score (nSPS) is 24.6. The van der Waals surface area contributed by atoms with Crippen molar-refractivity contribution in [3.05, 3.63) is 0 Å². The van der Waals surface area contributed by atoms with E-state index in [4.69, 9.17) is 4.84 Å². The number of amides is 1. The number of carbonyl (C=O) groups excluding carboxylic acids is 1. The Balaban J connectivity index is 1.48. The van der Waals surface area contributed by atoms with Crippen molar-refractivity contribution in [1.29, 1.82) is 0 Å². The highest BCUT2D eigenvalue weighted by Crippen LogP contribution is 2.44. The summed E-state index contributed by atoms with van der Waals surface area (Å²) in [5, 5.41) is 3.89. The van der Waals surface area contributed by atoms with Crippen LogP contribution in [-0.4, -0.2) is 36.2 Å². The fourth-order valence-corrected chi connectivity index (χ4v) is 2.76. The van der Waals surface area contributed by atoms with Crippen LogP contribution in [0.5, 0.6) is 0 Å². The number of hydrogen-bond donors (Lipinski definition) is 0. The highest BCUT2D eigenvalue weighted by molar-refractivity contribution is 5.78. The van der Waals surface area contributed by atoms with E-state index in [9.17, 15) is 4.79 Å². The standard InChI is InChI=1S/C15H26N2O2/c1-12(2)16-19-9-5-3-4-6-15(18)17-8-7-13-10-14(13)11-17/h13-14H,3-11H2,1-2H3. The van der Waals surface area contributed by atoms with Crippen LogP contribution >= 0.6 is 0 Å². The van der Waals surface area contributed by atoms with Crippen LogP contribution in [0.2, 0.25) is 0 Å². The molecule has 2 fully saturated rings. The molecule has 1 heterocycles. The lowest BCUT2D eigenvalue weighted by atomic mass is 10.1. The van der Waals surface area contributed by atoms with E-state index in [1.54, 1.807) is 0 Å². The fraction of sp³-hybridized carbons (Fsp3) is 0.867. The van der Waals surface area contributed by atoms with Crippen molar-refractivity contribution < 1.29 is 9.63 Å². The molecule has 4 nitrogen and oxygen atoms in total. The van der Waals surface area contributed by atoms with Crippen LogP contribution in [0.25, 0.3) is 0 Å². The molecule has 4 heteroatoms. The third-order valence-electron chi connectivity index (χ3n) is 4.02. The summed E-state index contributed by atoms with van der Waals surface area (Å²) in [7, 11) is 0. The minimum absolute atomic E-state index is 0.355. The molecule has 0 radical (unpaired) electrons. The second-order valence-electron chi connectivity index (χ2n) is 6.07. The molecule has 19 heavy (non-hydrogen) atoms. The average molecular weight is 266 g/mol. The van der Waals surface area contributed by atoms with Gasteiger partial charge in [0.1, 0.15) is 6.61 Å². The maximum atomic E-state index is 12.0. The number of likely N-dealkylation sites (tertiary alicyclic amines) is 1. The van der Waals surface area contributed by atoms with Crippen LogP contribution in [0.3, 0.4) is 0 Å². The maximum Gasteiger partial charge on any atom is 0.222 e. The smallest absolute Gasteiger partial charge is 0.222 e. The summed E-state index contributed by atoms with van der Waals surface area (Å²) in [6.07, 6.45) is 6.30. The van der Waals surface area contributed by atoms with Gasteiger partial charge in [0.2, 0.25) is 5.91 Å². The lowest BCUT2D eigenvalue weighted by Crippen LogP contribution is -2.36. The lowest BCUT2D eigenvalue weighted by Gasteiger charge is -2.26.